The summed E-state index contributed by atoms with van der Waals surface area (Å²) in [7, 11) is 1.81. The van der Waals surface area contributed by atoms with E-state index in [-0.39, 0.29) is 11.8 Å². The van der Waals surface area contributed by atoms with Gasteiger partial charge in [-0.15, -0.1) is 0 Å². The number of carbonyl (C=O) groups excluding carboxylic acids is 2. The number of aromatic nitrogens is 2. The molecule has 2 heterocycles. The predicted molar refractivity (Wildman–Crippen MR) is 97.1 cm³/mol. The fourth-order valence-corrected chi connectivity index (χ4v) is 3.22. The van der Waals surface area contributed by atoms with E-state index < -0.39 is 0 Å². The van der Waals surface area contributed by atoms with Crippen molar-refractivity contribution in [3.05, 3.63) is 30.1 Å². The van der Waals surface area contributed by atoms with Gasteiger partial charge >= 0.3 is 0 Å². The average molecular weight is 342 g/mol. The van der Waals surface area contributed by atoms with Gasteiger partial charge in [-0.3, -0.25) is 9.59 Å². The molecule has 0 bridgehead atoms. The lowest BCUT2D eigenvalue weighted by Crippen LogP contribution is -2.36. The van der Waals surface area contributed by atoms with Gasteiger partial charge in [0.2, 0.25) is 11.8 Å². The van der Waals surface area contributed by atoms with Crippen LogP contribution in [0.5, 0.6) is 0 Å². The van der Waals surface area contributed by atoms with Crippen LogP contribution in [0.4, 0.5) is 0 Å². The number of imidazole rings is 1. The van der Waals surface area contributed by atoms with Crippen LogP contribution in [0.2, 0.25) is 0 Å². The molecule has 1 aliphatic rings. The van der Waals surface area contributed by atoms with Crippen LogP contribution in [0, 0.1) is 0 Å². The van der Waals surface area contributed by atoms with Gasteiger partial charge in [-0.2, -0.15) is 0 Å². The zero-order valence-electron chi connectivity index (χ0n) is 14.8. The molecule has 6 nitrogen and oxygen atoms in total. The molecule has 0 saturated carbocycles. The van der Waals surface area contributed by atoms with Crippen molar-refractivity contribution >= 4 is 22.8 Å². The molecule has 0 aliphatic carbocycles. The van der Waals surface area contributed by atoms with Crippen LogP contribution < -0.4 is 0 Å². The molecule has 134 valence electrons. The Morgan fingerprint density at radius 2 is 2.12 bits per heavy atom. The summed E-state index contributed by atoms with van der Waals surface area (Å²) in [6.07, 6.45) is 4.83. The van der Waals surface area contributed by atoms with Crippen LogP contribution in [-0.2, 0) is 16.0 Å². The van der Waals surface area contributed by atoms with Crippen molar-refractivity contribution in [3.8, 4) is 0 Å². The van der Waals surface area contributed by atoms with Crippen molar-refractivity contribution in [2.75, 3.05) is 26.7 Å². The Balaban J connectivity index is 1.46. The second kappa shape index (κ2) is 8.14. The molecule has 2 amide bonds. The van der Waals surface area contributed by atoms with Crippen molar-refractivity contribution in [3.63, 3.8) is 0 Å². The minimum absolute atomic E-state index is 0.0770. The molecule has 0 radical (unpaired) electrons. The topological polar surface area (TPSA) is 69.3 Å². The number of likely N-dealkylation sites (tertiary alicyclic amines) is 1. The number of hydrogen-bond acceptors (Lipinski definition) is 3. The van der Waals surface area contributed by atoms with E-state index in [2.05, 4.69) is 9.97 Å². The van der Waals surface area contributed by atoms with Gasteiger partial charge in [0.05, 0.1) is 11.0 Å². The Labute approximate surface area is 148 Å². The van der Waals surface area contributed by atoms with Gasteiger partial charge in [0, 0.05) is 45.9 Å². The van der Waals surface area contributed by atoms with Gasteiger partial charge in [0.1, 0.15) is 5.82 Å². The number of aromatic amines is 1. The normalized spacial score (nSPS) is 15.4. The highest BCUT2D eigenvalue weighted by Crippen LogP contribution is 2.12. The number of amides is 2. The summed E-state index contributed by atoms with van der Waals surface area (Å²) in [5, 5.41) is 0. The fraction of sp³-hybridized carbons (Fsp3) is 0.526. The minimum atomic E-state index is 0.0770. The van der Waals surface area contributed by atoms with Gasteiger partial charge in [-0.05, 0) is 25.0 Å². The summed E-state index contributed by atoms with van der Waals surface area (Å²) < 4.78 is 0. The highest BCUT2D eigenvalue weighted by atomic mass is 16.2. The zero-order valence-corrected chi connectivity index (χ0v) is 14.8. The summed E-state index contributed by atoms with van der Waals surface area (Å²) >= 11 is 0. The molecule has 1 saturated heterocycles. The number of para-hydroxylation sites is 2. The number of nitrogens with one attached hydrogen (secondary N) is 1. The third-order valence-corrected chi connectivity index (χ3v) is 4.82. The molecule has 1 fully saturated rings. The number of H-pyrrole nitrogens is 1. The molecular weight excluding hydrogens is 316 g/mol. The lowest BCUT2D eigenvalue weighted by Gasteiger charge is -2.22. The molecule has 1 aliphatic heterocycles. The molecule has 0 unspecified atom stereocenters. The molecule has 1 N–H and O–H groups in total. The van der Waals surface area contributed by atoms with Crippen molar-refractivity contribution in [2.24, 2.45) is 0 Å². The number of nitrogens with zero attached hydrogens (tertiary/aromatic N) is 3. The smallest absolute Gasteiger partial charge is 0.224 e. The predicted octanol–water partition coefficient (Wildman–Crippen LogP) is 2.36. The Bertz CT molecular complexity index is 707. The Morgan fingerprint density at radius 1 is 1.28 bits per heavy atom. The monoisotopic (exact) mass is 342 g/mol. The molecule has 1 aromatic heterocycles. The van der Waals surface area contributed by atoms with E-state index in [4.69, 9.17) is 0 Å². The van der Waals surface area contributed by atoms with Crippen LogP contribution in [-0.4, -0.2) is 58.3 Å². The van der Waals surface area contributed by atoms with E-state index in [1.807, 2.05) is 36.2 Å². The van der Waals surface area contributed by atoms with E-state index >= 15 is 0 Å². The molecule has 6 heteroatoms. The van der Waals surface area contributed by atoms with Crippen LogP contribution in [0.15, 0.2) is 24.3 Å². The number of hydrogen-bond donors (Lipinski definition) is 1. The van der Waals surface area contributed by atoms with Gasteiger partial charge in [0.25, 0.3) is 0 Å². The molecule has 25 heavy (non-hydrogen) atoms. The lowest BCUT2D eigenvalue weighted by molar-refractivity contribution is -0.133. The summed E-state index contributed by atoms with van der Waals surface area (Å²) in [4.78, 5) is 35.7. The average Bonchev–Trinajstić information content (AvgIpc) is 2.93. The first-order valence-corrected chi connectivity index (χ1v) is 9.09. The van der Waals surface area contributed by atoms with E-state index in [0.29, 0.717) is 32.4 Å². The van der Waals surface area contributed by atoms with E-state index in [9.17, 15) is 9.59 Å². The minimum Gasteiger partial charge on any atom is -0.345 e. The summed E-state index contributed by atoms with van der Waals surface area (Å²) in [5.41, 5.74) is 1.97. The van der Waals surface area contributed by atoms with Crippen molar-refractivity contribution in [1.29, 1.82) is 0 Å². The molecule has 2 aromatic rings. The Kier molecular flexibility index (Phi) is 5.68. The highest BCUT2D eigenvalue weighted by Gasteiger charge is 2.18. The second-order valence-electron chi connectivity index (χ2n) is 6.71. The lowest BCUT2D eigenvalue weighted by atomic mass is 10.2. The first-order chi connectivity index (χ1) is 12.1. The Hall–Kier alpha value is -2.37. The zero-order chi connectivity index (χ0) is 17.6. The third kappa shape index (κ3) is 4.59. The quantitative estimate of drug-likeness (QED) is 0.876. The van der Waals surface area contributed by atoms with E-state index in [1.165, 1.54) is 0 Å². The number of likely N-dealkylation sites (N-methyl/N-ethyl adjacent to an activating group) is 1. The van der Waals surface area contributed by atoms with Crippen LogP contribution in [0.3, 0.4) is 0 Å². The molecule has 0 spiro atoms. The Morgan fingerprint density at radius 3 is 2.96 bits per heavy atom. The fourth-order valence-electron chi connectivity index (χ4n) is 3.22. The maximum atomic E-state index is 12.3. The molecule has 3 rings (SSSR count). The van der Waals surface area contributed by atoms with Gasteiger partial charge < -0.3 is 14.8 Å². The molecule has 0 atom stereocenters. The van der Waals surface area contributed by atoms with Gasteiger partial charge in [0.15, 0.2) is 0 Å². The van der Waals surface area contributed by atoms with Crippen molar-refractivity contribution in [2.45, 2.75) is 38.5 Å². The van der Waals surface area contributed by atoms with Crippen LogP contribution in [0.25, 0.3) is 11.0 Å². The standard InChI is InChI=1S/C19H26N4O2/c1-22(13-10-17-20-15-7-4-5-8-16(15)21-17)18(24)11-14-23-12-6-2-3-9-19(23)25/h4-5,7-8H,2-3,6,9-14H2,1H3,(H,20,21). The first-order valence-electron chi connectivity index (χ1n) is 9.09. The SMILES string of the molecule is CN(CCc1nc2ccccc2[nH]1)C(=O)CCN1CCCCCC1=O. The first kappa shape index (κ1) is 17.5. The number of fused-ring (bicyclic) bond motifs is 1. The highest BCUT2D eigenvalue weighted by molar-refractivity contribution is 5.79. The van der Waals surface area contributed by atoms with Gasteiger partial charge in [-0.1, -0.05) is 18.6 Å². The van der Waals surface area contributed by atoms with Crippen molar-refractivity contribution < 1.29 is 9.59 Å². The van der Waals surface area contributed by atoms with Gasteiger partial charge in [-0.25, -0.2) is 4.98 Å². The summed E-state index contributed by atoms with van der Waals surface area (Å²) in [6.45, 7) is 1.94. The largest absolute Gasteiger partial charge is 0.345 e. The number of benzene rings is 1. The maximum absolute atomic E-state index is 12.3. The van der Waals surface area contributed by atoms with Crippen LogP contribution in [0.1, 0.15) is 37.9 Å². The maximum Gasteiger partial charge on any atom is 0.224 e. The molecule has 1 aromatic carbocycles. The molecular formula is C19H26N4O2. The number of carbonyl (C=O) groups is 2. The summed E-state index contributed by atoms with van der Waals surface area (Å²) in [6, 6.07) is 7.91. The third-order valence-electron chi connectivity index (χ3n) is 4.82. The number of rotatable bonds is 6. The van der Waals surface area contributed by atoms with E-state index in [1.54, 1.807) is 4.90 Å². The van der Waals surface area contributed by atoms with Crippen LogP contribution >= 0.6 is 0 Å². The summed E-state index contributed by atoms with van der Waals surface area (Å²) in [5.74, 6) is 1.16. The van der Waals surface area contributed by atoms with E-state index in [0.717, 1.165) is 42.7 Å². The van der Waals surface area contributed by atoms with Crippen molar-refractivity contribution in [1.82, 2.24) is 19.8 Å². The second-order valence-corrected chi connectivity index (χ2v) is 6.71.